The van der Waals surface area contributed by atoms with Crippen molar-refractivity contribution in [3.63, 3.8) is 0 Å². The first-order valence-electron chi connectivity index (χ1n) is 12.0. The van der Waals surface area contributed by atoms with Gasteiger partial charge in [0.2, 0.25) is 5.75 Å². The van der Waals surface area contributed by atoms with E-state index in [1.165, 1.54) is 41.6 Å². The fraction of sp³-hybridized carbons (Fsp3) is 0.480. The molecule has 204 valence electrons. The molecule has 1 aliphatic carbocycles. The number of rotatable bonds is 4. The van der Waals surface area contributed by atoms with Crippen molar-refractivity contribution in [1.82, 2.24) is 24.7 Å². The summed E-state index contributed by atoms with van der Waals surface area (Å²) in [6.07, 6.45) is 2.27. The molecule has 2 aromatic rings. The third-order valence-electron chi connectivity index (χ3n) is 7.61. The minimum atomic E-state index is -1.10. The number of aromatic hydroxyl groups is 1. The Balaban J connectivity index is 1.76. The number of halogens is 3. The smallest absolute Gasteiger partial charge is 0.312 e. The van der Waals surface area contributed by atoms with Gasteiger partial charge in [0.1, 0.15) is 17.2 Å². The highest BCUT2D eigenvalue weighted by Gasteiger charge is 2.50. The molecule has 5 rings (SSSR count). The van der Waals surface area contributed by atoms with Gasteiger partial charge in [0.05, 0.1) is 0 Å². The van der Waals surface area contributed by atoms with Gasteiger partial charge in [-0.05, 0) is 50.2 Å². The summed E-state index contributed by atoms with van der Waals surface area (Å²) in [5.41, 5.74) is -1.43. The quantitative estimate of drug-likeness (QED) is 0.488. The SMILES string of the molecule is Cc1c(F)cc(Br)c(CNC(=O)c2nc3n(c(=O)c2O)CC2CCC3(N(C)C(=O)C(=O)N(C)C)CC2)c1Br. The molecule has 13 heteroatoms. The second-order valence-electron chi connectivity index (χ2n) is 10.0. The van der Waals surface area contributed by atoms with Crippen molar-refractivity contribution in [3.8, 4) is 5.75 Å². The second kappa shape index (κ2) is 10.4. The number of nitrogens with one attached hydrogen (secondary N) is 1. The average molecular weight is 657 g/mol. The molecule has 3 heterocycles. The van der Waals surface area contributed by atoms with Crippen molar-refractivity contribution >= 4 is 49.6 Å². The molecular formula is C25H28Br2FN5O5. The minimum Gasteiger partial charge on any atom is -0.501 e. The number of fused-ring (bicyclic) bond motifs is 2. The van der Waals surface area contributed by atoms with Gasteiger partial charge in [0.25, 0.3) is 11.5 Å². The Morgan fingerprint density at radius 3 is 2.45 bits per heavy atom. The van der Waals surface area contributed by atoms with Gasteiger partial charge < -0.3 is 20.2 Å². The molecule has 1 aromatic carbocycles. The van der Waals surface area contributed by atoms with Crippen LogP contribution in [0.15, 0.2) is 19.8 Å². The lowest BCUT2D eigenvalue weighted by molar-refractivity contribution is -0.154. The van der Waals surface area contributed by atoms with E-state index in [4.69, 9.17) is 0 Å². The van der Waals surface area contributed by atoms with E-state index in [1.807, 2.05) is 0 Å². The van der Waals surface area contributed by atoms with E-state index in [2.05, 4.69) is 42.2 Å². The van der Waals surface area contributed by atoms with E-state index in [9.17, 15) is 28.7 Å². The summed E-state index contributed by atoms with van der Waals surface area (Å²) < 4.78 is 16.2. The second-order valence-corrected chi connectivity index (χ2v) is 11.7. The molecule has 2 bridgehead atoms. The van der Waals surface area contributed by atoms with Crippen LogP contribution in [0.5, 0.6) is 5.75 Å². The molecule has 3 aliphatic rings. The Kier molecular flexibility index (Phi) is 7.72. The number of carbonyl (C=O) groups is 3. The van der Waals surface area contributed by atoms with Gasteiger partial charge in [0, 0.05) is 48.7 Å². The first-order chi connectivity index (χ1) is 17.8. The summed E-state index contributed by atoms with van der Waals surface area (Å²) in [4.78, 5) is 59.1. The van der Waals surface area contributed by atoms with E-state index in [-0.39, 0.29) is 24.8 Å². The van der Waals surface area contributed by atoms with Crippen LogP contribution in [-0.4, -0.2) is 63.3 Å². The standard InChI is InChI=1S/C25H28Br2FN5O5/c1-12-16(28)9-15(26)14(17(12)27)10-29-20(35)18-19(34)21(36)33-11-13-5-7-25(8-6-13,24(33)30-18)32(4)23(38)22(37)31(2)3/h9,13,34H,5-8,10-11H2,1-4H3,(H,29,35). The molecule has 0 radical (unpaired) electrons. The molecule has 0 atom stereocenters. The van der Waals surface area contributed by atoms with Gasteiger partial charge >= 0.3 is 11.8 Å². The van der Waals surface area contributed by atoms with E-state index in [1.54, 1.807) is 6.92 Å². The zero-order chi connectivity index (χ0) is 28.1. The maximum Gasteiger partial charge on any atom is 0.312 e. The number of amides is 3. The van der Waals surface area contributed by atoms with Crippen molar-refractivity contribution < 1.29 is 23.9 Å². The number of likely N-dealkylation sites (N-methyl/N-ethyl adjacent to an activating group) is 2. The van der Waals surface area contributed by atoms with E-state index in [0.717, 1.165) is 0 Å². The van der Waals surface area contributed by atoms with Gasteiger partial charge in [-0.15, -0.1) is 0 Å². The average Bonchev–Trinajstić information content (AvgIpc) is 3.14. The van der Waals surface area contributed by atoms with Gasteiger partial charge in [-0.25, -0.2) is 9.37 Å². The van der Waals surface area contributed by atoms with Crippen LogP contribution < -0.4 is 10.9 Å². The molecule has 10 nitrogen and oxygen atoms in total. The summed E-state index contributed by atoms with van der Waals surface area (Å²) in [5.74, 6) is -3.20. The fourth-order valence-corrected chi connectivity index (χ4v) is 6.57. The van der Waals surface area contributed by atoms with Crippen molar-refractivity contribution in [1.29, 1.82) is 0 Å². The summed E-state index contributed by atoms with van der Waals surface area (Å²) in [6.45, 7) is 1.82. The van der Waals surface area contributed by atoms with Crippen LogP contribution >= 0.6 is 31.9 Å². The van der Waals surface area contributed by atoms with Crippen LogP contribution in [0.4, 0.5) is 4.39 Å². The molecule has 0 spiro atoms. The zero-order valence-electron chi connectivity index (χ0n) is 21.4. The third kappa shape index (κ3) is 4.63. The van der Waals surface area contributed by atoms with E-state index >= 15 is 0 Å². The van der Waals surface area contributed by atoms with Crippen molar-refractivity contribution in [2.75, 3.05) is 21.1 Å². The molecule has 0 saturated heterocycles. The lowest BCUT2D eigenvalue weighted by atomic mass is 9.76. The maximum absolute atomic E-state index is 14.0. The van der Waals surface area contributed by atoms with Crippen LogP contribution in [0.1, 0.15) is 53.1 Å². The Morgan fingerprint density at radius 1 is 1.21 bits per heavy atom. The molecule has 2 N–H and O–H groups in total. The first-order valence-corrected chi connectivity index (χ1v) is 13.6. The van der Waals surface area contributed by atoms with Gasteiger partial charge in [-0.1, -0.05) is 31.9 Å². The number of hydrogen-bond donors (Lipinski definition) is 2. The number of nitrogens with zero attached hydrogens (tertiary/aromatic N) is 4. The highest BCUT2D eigenvalue weighted by Crippen LogP contribution is 2.46. The van der Waals surface area contributed by atoms with E-state index in [0.29, 0.717) is 45.8 Å². The van der Waals surface area contributed by atoms with Crippen molar-refractivity contribution in [2.24, 2.45) is 5.92 Å². The van der Waals surface area contributed by atoms with Crippen molar-refractivity contribution in [2.45, 2.75) is 51.2 Å². The predicted octanol–water partition coefficient (Wildman–Crippen LogP) is 2.80. The maximum atomic E-state index is 14.0. The van der Waals surface area contributed by atoms with Crippen LogP contribution in [0, 0.1) is 18.7 Å². The normalized spacial score (nSPS) is 19.9. The summed E-state index contributed by atoms with van der Waals surface area (Å²) >= 11 is 6.64. The lowest BCUT2D eigenvalue weighted by Crippen LogP contribution is -2.54. The van der Waals surface area contributed by atoms with Gasteiger partial charge in [0.15, 0.2) is 5.69 Å². The largest absolute Gasteiger partial charge is 0.501 e. The fourth-order valence-electron chi connectivity index (χ4n) is 5.22. The molecule has 1 aromatic heterocycles. The number of benzene rings is 1. The first kappa shape index (κ1) is 28.2. The minimum absolute atomic E-state index is 0.0520. The molecule has 3 amide bonds. The Labute approximate surface area is 235 Å². The lowest BCUT2D eigenvalue weighted by Gasteiger charge is -2.43. The summed E-state index contributed by atoms with van der Waals surface area (Å²) in [7, 11) is 4.46. The summed E-state index contributed by atoms with van der Waals surface area (Å²) in [6, 6.07) is 1.29. The van der Waals surface area contributed by atoms with Gasteiger partial charge in [-0.3, -0.25) is 23.7 Å². The number of aromatic nitrogens is 2. The molecule has 1 fully saturated rings. The number of hydrogen-bond acceptors (Lipinski definition) is 6. The molecule has 38 heavy (non-hydrogen) atoms. The van der Waals surface area contributed by atoms with Gasteiger partial charge in [-0.2, -0.15) is 0 Å². The Bertz CT molecular complexity index is 1400. The number of carbonyl (C=O) groups excluding carboxylic acids is 3. The molecule has 0 unspecified atom stereocenters. The topological polar surface area (TPSA) is 125 Å². The predicted molar refractivity (Wildman–Crippen MR) is 143 cm³/mol. The Hall–Kier alpha value is -2.80. The van der Waals surface area contributed by atoms with Crippen LogP contribution in [-0.2, 0) is 28.2 Å². The van der Waals surface area contributed by atoms with E-state index < -0.39 is 46.1 Å². The van der Waals surface area contributed by atoms with Crippen LogP contribution in [0.3, 0.4) is 0 Å². The monoisotopic (exact) mass is 655 g/mol. The highest BCUT2D eigenvalue weighted by atomic mass is 79.9. The molecular weight excluding hydrogens is 629 g/mol. The van der Waals surface area contributed by atoms with Crippen LogP contribution in [0.2, 0.25) is 0 Å². The van der Waals surface area contributed by atoms with Crippen molar-refractivity contribution in [3.05, 3.63) is 53.8 Å². The summed E-state index contributed by atoms with van der Waals surface area (Å²) in [5, 5.41) is 13.4. The Morgan fingerprint density at radius 2 is 1.84 bits per heavy atom. The third-order valence-corrected chi connectivity index (χ3v) is 9.39. The molecule has 1 saturated carbocycles. The molecule has 2 aliphatic heterocycles. The zero-order valence-corrected chi connectivity index (χ0v) is 24.6. The van der Waals surface area contributed by atoms with Crippen LogP contribution in [0.25, 0.3) is 0 Å². The highest BCUT2D eigenvalue weighted by molar-refractivity contribution is 9.11.